The van der Waals surface area contributed by atoms with Crippen molar-refractivity contribution in [2.75, 3.05) is 6.54 Å². The van der Waals surface area contributed by atoms with E-state index in [4.69, 9.17) is 12.2 Å². The summed E-state index contributed by atoms with van der Waals surface area (Å²) < 4.78 is 2.72. The van der Waals surface area contributed by atoms with E-state index in [2.05, 4.69) is 10.3 Å². The first kappa shape index (κ1) is 8.50. The summed E-state index contributed by atoms with van der Waals surface area (Å²) in [5.41, 5.74) is 0. The van der Waals surface area contributed by atoms with Gasteiger partial charge in [-0.1, -0.05) is 0 Å². The number of hydrogen-bond acceptors (Lipinski definition) is 2. The lowest BCUT2D eigenvalue weighted by Gasteiger charge is -2.23. The Hall–Kier alpha value is -1.10. The summed E-state index contributed by atoms with van der Waals surface area (Å²) in [5.74, 6) is 0.137. The number of nitrogens with one attached hydrogen (secondary N) is 2. The van der Waals surface area contributed by atoms with Crippen LogP contribution in [0.4, 0.5) is 0 Å². The van der Waals surface area contributed by atoms with E-state index in [1.165, 1.54) is 0 Å². The minimum Gasteiger partial charge on any atom is -0.354 e. The molecule has 0 saturated carbocycles. The van der Waals surface area contributed by atoms with Crippen molar-refractivity contribution < 1.29 is 4.79 Å². The van der Waals surface area contributed by atoms with E-state index in [9.17, 15) is 4.79 Å². The topological polar surface area (TPSA) is 49.8 Å². The van der Waals surface area contributed by atoms with E-state index in [0.717, 1.165) is 11.2 Å². The third kappa shape index (κ3) is 1.65. The van der Waals surface area contributed by atoms with Gasteiger partial charge >= 0.3 is 0 Å². The lowest BCUT2D eigenvalue weighted by Crippen LogP contribution is -2.35. The number of hydrogen-bond donors (Lipinski definition) is 2. The van der Waals surface area contributed by atoms with E-state index in [0.29, 0.717) is 19.0 Å². The maximum Gasteiger partial charge on any atom is 0.220 e. The first-order valence-corrected chi connectivity index (χ1v) is 4.70. The molecule has 0 aromatic carbocycles. The smallest absolute Gasteiger partial charge is 0.220 e. The van der Waals surface area contributed by atoms with Gasteiger partial charge < -0.3 is 14.9 Å². The summed E-state index contributed by atoms with van der Waals surface area (Å²) in [4.78, 5) is 13.9. The molecule has 1 amide bonds. The van der Waals surface area contributed by atoms with Gasteiger partial charge in [-0.05, 0) is 18.6 Å². The lowest BCUT2D eigenvalue weighted by molar-refractivity contribution is -0.122. The van der Waals surface area contributed by atoms with Crippen LogP contribution in [0.3, 0.4) is 0 Å². The number of aromatic amines is 1. The van der Waals surface area contributed by atoms with Gasteiger partial charge in [0.05, 0.1) is 6.04 Å². The molecule has 13 heavy (non-hydrogen) atoms. The van der Waals surface area contributed by atoms with Crippen LogP contribution in [0.2, 0.25) is 0 Å². The number of H-pyrrole nitrogens is 1. The Morgan fingerprint density at radius 2 is 2.46 bits per heavy atom. The molecule has 2 heterocycles. The van der Waals surface area contributed by atoms with Crippen molar-refractivity contribution in [3.63, 3.8) is 0 Å². The average molecular weight is 197 g/mol. The monoisotopic (exact) mass is 197 g/mol. The molecule has 1 saturated heterocycles. The van der Waals surface area contributed by atoms with Crippen molar-refractivity contribution >= 4 is 18.1 Å². The summed E-state index contributed by atoms with van der Waals surface area (Å²) in [6, 6.07) is 0.316. The van der Waals surface area contributed by atoms with Crippen LogP contribution in [-0.4, -0.2) is 22.0 Å². The molecular weight excluding hydrogens is 186 g/mol. The fourth-order valence-electron chi connectivity index (χ4n) is 1.58. The lowest BCUT2D eigenvalue weighted by atomic mass is 10.1. The third-order valence-electron chi connectivity index (χ3n) is 2.31. The quantitative estimate of drug-likeness (QED) is 0.660. The maximum atomic E-state index is 10.9. The molecule has 2 N–H and O–H groups in total. The molecule has 0 aliphatic carbocycles. The zero-order valence-corrected chi connectivity index (χ0v) is 7.93. The highest BCUT2D eigenvalue weighted by Gasteiger charge is 2.19. The number of nitrogens with zero attached hydrogens (tertiary/aromatic N) is 1. The van der Waals surface area contributed by atoms with E-state index in [1.54, 1.807) is 0 Å². The molecule has 5 heteroatoms. The van der Waals surface area contributed by atoms with Gasteiger partial charge in [0.25, 0.3) is 0 Å². The number of piperidine rings is 1. The normalized spacial score (nSPS) is 22.8. The van der Waals surface area contributed by atoms with Crippen LogP contribution in [0.1, 0.15) is 18.9 Å². The predicted octanol–water partition coefficient (Wildman–Crippen LogP) is 0.997. The molecule has 0 radical (unpaired) electrons. The van der Waals surface area contributed by atoms with E-state index < -0.39 is 0 Å². The van der Waals surface area contributed by atoms with Crippen molar-refractivity contribution in [1.82, 2.24) is 14.9 Å². The Kier molecular flexibility index (Phi) is 2.18. The molecule has 1 aliphatic heterocycles. The Morgan fingerprint density at radius 3 is 3.00 bits per heavy atom. The predicted molar refractivity (Wildman–Crippen MR) is 50.9 cm³/mol. The van der Waals surface area contributed by atoms with E-state index in [-0.39, 0.29) is 5.91 Å². The van der Waals surface area contributed by atoms with Gasteiger partial charge in [-0.2, -0.15) is 0 Å². The van der Waals surface area contributed by atoms with Crippen molar-refractivity contribution in [2.24, 2.45) is 0 Å². The highest BCUT2D eigenvalue weighted by atomic mass is 32.1. The first-order valence-electron chi connectivity index (χ1n) is 4.29. The third-order valence-corrected chi connectivity index (χ3v) is 2.64. The molecule has 1 atom stereocenters. The standard InChI is InChI=1S/C8H11N3OS/c12-7-2-1-6(5-10-7)11-4-3-9-8(11)13/h3-4,6H,1-2,5H2,(H,9,13)(H,10,12). The van der Waals surface area contributed by atoms with Crippen LogP contribution in [-0.2, 0) is 4.79 Å². The highest BCUT2D eigenvalue weighted by molar-refractivity contribution is 7.71. The van der Waals surface area contributed by atoms with Crippen molar-refractivity contribution in [1.29, 1.82) is 0 Å². The first-order chi connectivity index (χ1) is 6.27. The number of imidazole rings is 1. The molecule has 1 aromatic heterocycles. The second kappa shape index (κ2) is 3.33. The van der Waals surface area contributed by atoms with Gasteiger partial charge in [-0.15, -0.1) is 0 Å². The number of rotatable bonds is 1. The van der Waals surface area contributed by atoms with Crippen LogP contribution >= 0.6 is 12.2 Å². The maximum absolute atomic E-state index is 10.9. The molecule has 1 fully saturated rings. The highest BCUT2D eigenvalue weighted by Crippen LogP contribution is 2.16. The van der Waals surface area contributed by atoms with Crippen LogP contribution in [0, 0.1) is 4.77 Å². The molecular formula is C8H11N3OS. The summed E-state index contributed by atoms with van der Waals surface area (Å²) in [6.07, 6.45) is 5.21. The summed E-state index contributed by atoms with van der Waals surface area (Å²) in [7, 11) is 0. The van der Waals surface area contributed by atoms with Crippen LogP contribution in [0.25, 0.3) is 0 Å². The molecule has 0 bridgehead atoms. The zero-order chi connectivity index (χ0) is 9.26. The molecule has 70 valence electrons. The largest absolute Gasteiger partial charge is 0.354 e. The van der Waals surface area contributed by atoms with E-state index >= 15 is 0 Å². The van der Waals surface area contributed by atoms with Crippen LogP contribution in [0.15, 0.2) is 12.4 Å². The Morgan fingerprint density at radius 1 is 1.62 bits per heavy atom. The summed E-state index contributed by atoms with van der Waals surface area (Å²) in [5, 5.41) is 2.83. The van der Waals surface area contributed by atoms with Crippen LogP contribution in [0.5, 0.6) is 0 Å². The SMILES string of the molecule is O=C1CCC(n2cc[nH]c2=S)CN1. The van der Waals surface area contributed by atoms with E-state index in [1.807, 2.05) is 17.0 Å². The molecule has 1 aliphatic rings. The fourth-order valence-corrected chi connectivity index (χ4v) is 1.85. The van der Waals surface area contributed by atoms with Gasteiger partial charge in [-0.3, -0.25) is 4.79 Å². The minimum atomic E-state index is 0.137. The second-order valence-corrected chi connectivity index (χ2v) is 3.56. The van der Waals surface area contributed by atoms with Crippen molar-refractivity contribution in [3.05, 3.63) is 17.2 Å². The molecule has 0 spiro atoms. The molecule has 4 nitrogen and oxygen atoms in total. The minimum absolute atomic E-state index is 0.137. The molecule has 1 aromatic rings. The summed E-state index contributed by atoms with van der Waals surface area (Å²) >= 11 is 5.09. The zero-order valence-electron chi connectivity index (χ0n) is 7.12. The van der Waals surface area contributed by atoms with Gasteiger partial charge in [0.1, 0.15) is 0 Å². The van der Waals surface area contributed by atoms with Gasteiger partial charge in [0.15, 0.2) is 4.77 Å². The van der Waals surface area contributed by atoms with Gasteiger partial charge in [-0.25, -0.2) is 0 Å². The molecule has 2 rings (SSSR count). The van der Waals surface area contributed by atoms with Crippen molar-refractivity contribution in [3.8, 4) is 0 Å². The number of carbonyl (C=O) groups is 1. The second-order valence-electron chi connectivity index (χ2n) is 3.17. The Balaban J connectivity index is 2.15. The fraction of sp³-hybridized carbons (Fsp3) is 0.500. The Bertz CT molecular complexity index is 357. The average Bonchev–Trinajstić information content (AvgIpc) is 2.53. The number of carbonyl (C=O) groups excluding carboxylic acids is 1. The van der Waals surface area contributed by atoms with Gasteiger partial charge in [0.2, 0.25) is 5.91 Å². The Labute approximate surface area is 81.0 Å². The van der Waals surface area contributed by atoms with Crippen molar-refractivity contribution in [2.45, 2.75) is 18.9 Å². The van der Waals surface area contributed by atoms with Crippen LogP contribution < -0.4 is 5.32 Å². The van der Waals surface area contributed by atoms with Gasteiger partial charge in [0, 0.05) is 25.4 Å². The number of amides is 1. The molecule has 1 unspecified atom stereocenters. The summed E-state index contributed by atoms with van der Waals surface area (Å²) in [6.45, 7) is 0.686. The number of aromatic nitrogens is 2.